The summed E-state index contributed by atoms with van der Waals surface area (Å²) in [6.45, 7) is -0.0701. The lowest BCUT2D eigenvalue weighted by Gasteiger charge is -2.01. The summed E-state index contributed by atoms with van der Waals surface area (Å²) in [5.74, 6) is 1.46. The van der Waals surface area contributed by atoms with Crippen LogP contribution in [0.1, 0.15) is 0 Å². The molecular formula is C8H8N4O3. The van der Waals surface area contributed by atoms with Gasteiger partial charge in [-0.15, -0.1) is 6.42 Å². The molecule has 1 N–H and O–H groups in total. The van der Waals surface area contributed by atoms with Gasteiger partial charge in [-0.25, -0.2) is 4.57 Å². The maximum absolute atomic E-state index is 11.2. The molecule has 0 aromatic carbocycles. The molecule has 0 radical (unpaired) electrons. The summed E-state index contributed by atoms with van der Waals surface area (Å²) >= 11 is 0. The normalized spacial score (nSPS) is 9.27. The second-order valence-electron chi connectivity index (χ2n) is 2.59. The lowest BCUT2D eigenvalue weighted by Crippen LogP contribution is -2.27. The number of nitrogens with zero attached hydrogens (tertiary/aromatic N) is 3. The zero-order chi connectivity index (χ0) is 11.3. The predicted molar refractivity (Wildman–Crippen MR) is 50.7 cm³/mol. The molecule has 15 heavy (non-hydrogen) atoms. The van der Waals surface area contributed by atoms with Crippen LogP contribution in [0.3, 0.4) is 0 Å². The average molecular weight is 208 g/mol. The van der Waals surface area contributed by atoms with Crippen LogP contribution >= 0.6 is 0 Å². The van der Waals surface area contributed by atoms with Gasteiger partial charge in [0.1, 0.15) is 12.4 Å². The minimum Gasteiger partial charge on any atom is -0.390 e. The highest BCUT2D eigenvalue weighted by Crippen LogP contribution is 2.06. The number of hydrogen-bond donors (Lipinski definition) is 1. The highest BCUT2D eigenvalue weighted by atomic mass is 16.6. The van der Waals surface area contributed by atoms with Crippen molar-refractivity contribution in [2.24, 2.45) is 0 Å². The minimum atomic E-state index is -0.658. The quantitative estimate of drug-likeness (QED) is 0.412. The number of terminal acetylenes is 1. The molecule has 1 aromatic rings. The Labute approximate surface area is 85.3 Å². The van der Waals surface area contributed by atoms with Crippen molar-refractivity contribution < 1.29 is 9.72 Å². The summed E-state index contributed by atoms with van der Waals surface area (Å²) < 4.78 is 1.13. The van der Waals surface area contributed by atoms with E-state index in [2.05, 4.69) is 16.2 Å². The Kier molecular flexibility index (Phi) is 3.40. The fraction of sp³-hybridized carbons (Fsp3) is 0.250. The monoisotopic (exact) mass is 208 g/mol. The SMILES string of the molecule is C#CCNC(=O)Cn1ccnc1[N+](=O)[O-]. The summed E-state index contributed by atoms with van der Waals surface area (Å²) in [5, 5.41) is 12.8. The number of amides is 1. The minimum absolute atomic E-state index is 0.0985. The maximum Gasteiger partial charge on any atom is 0.435 e. The van der Waals surface area contributed by atoms with Gasteiger partial charge < -0.3 is 15.4 Å². The third-order valence-corrected chi connectivity index (χ3v) is 1.56. The predicted octanol–water partition coefficient (Wildman–Crippen LogP) is -0.459. The van der Waals surface area contributed by atoms with Gasteiger partial charge in [0.25, 0.3) is 5.91 Å². The number of nitro groups is 1. The van der Waals surface area contributed by atoms with Gasteiger partial charge in [-0.1, -0.05) is 10.9 Å². The molecule has 1 heterocycles. The molecule has 7 heteroatoms. The van der Waals surface area contributed by atoms with E-state index in [1.807, 2.05) is 0 Å². The number of aromatic nitrogens is 2. The smallest absolute Gasteiger partial charge is 0.390 e. The molecule has 1 amide bonds. The van der Waals surface area contributed by atoms with E-state index in [0.29, 0.717) is 0 Å². The van der Waals surface area contributed by atoms with Crippen molar-refractivity contribution >= 4 is 11.9 Å². The summed E-state index contributed by atoms with van der Waals surface area (Å²) in [7, 11) is 0. The van der Waals surface area contributed by atoms with Gasteiger partial charge in [0.2, 0.25) is 0 Å². The molecule has 0 aliphatic carbocycles. The first kappa shape index (κ1) is 10.7. The third-order valence-electron chi connectivity index (χ3n) is 1.56. The number of rotatable bonds is 4. The maximum atomic E-state index is 11.2. The van der Waals surface area contributed by atoms with Crippen molar-refractivity contribution in [3.05, 3.63) is 22.5 Å². The number of carbonyl (C=O) groups excluding carboxylic acids is 1. The first-order valence-electron chi connectivity index (χ1n) is 4.01. The van der Waals surface area contributed by atoms with E-state index < -0.39 is 10.8 Å². The second-order valence-corrected chi connectivity index (χ2v) is 2.59. The van der Waals surface area contributed by atoms with Crippen molar-refractivity contribution in [1.29, 1.82) is 0 Å². The standard InChI is InChI=1S/C8H8N4O3/c1-2-3-9-7(13)6-11-5-4-10-8(11)12(14)15/h1,4-5H,3,6H2,(H,9,13). The van der Waals surface area contributed by atoms with E-state index in [4.69, 9.17) is 6.42 Å². The first-order chi connectivity index (χ1) is 7.15. The molecular weight excluding hydrogens is 200 g/mol. The Morgan fingerprint density at radius 1 is 1.80 bits per heavy atom. The van der Waals surface area contributed by atoms with Crippen LogP contribution < -0.4 is 5.32 Å². The number of hydrogen-bond acceptors (Lipinski definition) is 4. The Morgan fingerprint density at radius 2 is 2.53 bits per heavy atom. The number of nitrogens with one attached hydrogen (secondary N) is 1. The van der Waals surface area contributed by atoms with Crippen LogP contribution in [0.2, 0.25) is 0 Å². The van der Waals surface area contributed by atoms with Gasteiger partial charge in [0.15, 0.2) is 6.54 Å². The van der Waals surface area contributed by atoms with Crippen molar-refractivity contribution in [2.75, 3.05) is 6.54 Å². The van der Waals surface area contributed by atoms with Gasteiger partial charge in [-0.2, -0.15) is 0 Å². The van der Waals surface area contributed by atoms with E-state index >= 15 is 0 Å². The van der Waals surface area contributed by atoms with Crippen LogP contribution in [0.25, 0.3) is 0 Å². The van der Waals surface area contributed by atoms with Crippen LogP contribution in [0.4, 0.5) is 5.95 Å². The average Bonchev–Trinajstić information content (AvgIpc) is 2.62. The largest absolute Gasteiger partial charge is 0.435 e. The van der Waals surface area contributed by atoms with Crippen LogP contribution in [0.5, 0.6) is 0 Å². The zero-order valence-electron chi connectivity index (χ0n) is 7.71. The molecule has 0 unspecified atom stereocenters. The van der Waals surface area contributed by atoms with Crippen molar-refractivity contribution in [3.63, 3.8) is 0 Å². The van der Waals surface area contributed by atoms with Gasteiger partial charge >= 0.3 is 5.95 Å². The van der Waals surface area contributed by atoms with Crippen LogP contribution in [0.15, 0.2) is 12.4 Å². The van der Waals surface area contributed by atoms with Gasteiger partial charge in [-0.05, 0) is 4.92 Å². The summed E-state index contributed by atoms with van der Waals surface area (Å²) in [5.41, 5.74) is 0. The lowest BCUT2D eigenvalue weighted by atomic mass is 10.5. The molecule has 0 spiro atoms. The second kappa shape index (κ2) is 4.76. The highest BCUT2D eigenvalue weighted by Gasteiger charge is 2.16. The molecule has 0 fully saturated rings. The Balaban J connectivity index is 2.65. The third kappa shape index (κ3) is 2.80. The molecule has 0 aliphatic heterocycles. The summed E-state index contributed by atoms with van der Waals surface area (Å²) in [4.78, 5) is 24.4. The molecule has 7 nitrogen and oxygen atoms in total. The molecule has 0 saturated carbocycles. The van der Waals surface area contributed by atoms with E-state index in [1.165, 1.54) is 12.4 Å². The molecule has 0 aliphatic rings. The van der Waals surface area contributed by atoms with Crippen molar-refractivity contribution in [2.45, 2.75) is 6.54 Å². The fourth-order valence-electron chi connectivity index (χ4n) is 0.957. The Morgan fingerprint density at radius 3 is 3.13 bits per heavy atom. The molecule has 0 bridgehead atoms. The topological polar surface area (TPSA) is 90.1 Å². The molecule has 0 atom stereocenters. The number of imidazole rings is 1. The summed E-state index contributed by atoms with van der Waals surface area (Å²) in [6, 6.07) is 0. The highest BCUT2D eigenvalue weighted by molar-refractivity contribution is 5.76. The lowest BCUT2D eigenvalue weighted by molar-refractivity contribution is -0.396. The fourth-order valence-corrected chi connectivity index (χ4v) is 0.957. The first-order valence-corrected chi connectivity index (χ1v) is 4.01. The Hall–Kier alpha value is -2.36. The van der Waals surface area contributed by atoms with Gasteiger partial charge in [0.05, 0.1) is 6.54 Å². The van der Waals surface area contributed by atoms with Gasteiger partial charge in [-0.3, -0.25) is 4.79 Å². The molecule has 0 saturated heterocycles. The van der Waals surface area contributed by atoms with E-state index in [0.717, 1.165) is 4.57 Å². The van der Waals surface area contributed by atoms with Crippen LogP contribution in [0, 0.1) is 22.5 Å². The van der Waals surface area contributed by atoms with Crippen molar-refractivity contribution in [1.82, 2.24) is 14.9 Å². The van der Waals surface area contributed by atoms with Gasteiger partial charge in [0, 0.05) is 0 Å². The molecule has 78 valence electrons. The van der Waals surface area contributed by atoms with E-state index in [-0.39, 0.29) is 19.0 Å². The number of carbonyl (C=O) groups is 1. The van der Waals surface area contributed by atoms with Crippen LogP contribution in [-0.4, -0.2) is 26.9 Å². The molecule has 1 aromatic heterocycles. The van der Waals surface area contributed by atoms with E-state index in [9.17, 15) is 14.9 Å². The van der Waals surface area contributed by atoms with Crippen LogP contribution in [-0.2, 0) is 11.3 Å². The Bertz CT molecular complexity index is 418. The molecule has 1 rings (SSSR count). The van der Waals surface area contributed by atoms with Crippen molar-refractivity contribution in [3.8, 4) is 12.3 Å². The summed E-state index contributed by atoms with van der Waals surface area (Å²) in [6.07, 6.45) is 7.55. The van der Waals surface area contributed by atoms with E-state index in [1.54, 1.807) is 0 Å². The zero-order valence-corrected chi connectivity index (χ0v) is 7.71.